The molecule has 0 aliphatic heterocycles. The Balaban J connectivity index is 1.60. The molecule has 0 bridgehead atoms. The van der Waals surface area contributed by atoms with E-state index in [0.29, 0.717) is 16.7 Å². The highest BCUT2D eigenvalue weighted by Gasteiger charge is 2.13. The van der Waals surface area contributed by atoms with Gasteiger partial charge < -0.3 is 10.1 Å². The highest BCUT2D eigenvalue weighted by atomic mass is 32.2. The topological polar surface area (TPSA) is 123 Å². The summed E-state index contributed by atoms with van der Waals surface area (Å²) in [5, 5.41) is 20.9. The molecule has 0 saturated carbocycles. The molecular formula is C18H17N5O4S. The quantitative estimate of drug-likeness (QED) is 0.354. The Labute approximate surface area is 164 Å². The molecule has 0 spiro atoms. The fourth-order valence-electron chi connectivity index (χ4n) is 2.36. The van der Waals surface area contributed by atoms with Gasteiger partial charge >= 0.3 is 0 Å². The van der Waals surface area contributed by atoms with Crippen molar-refractivity contribution < 1.29 is 14.5 Å². The van der Waals surface area contributed by atoms with Crippen molar-refractivity contribution >= 4 is 29.0 Å². The van der Waals surface area contributed by atoms with Crippen LogP contribution < -0.4 is 10.1 Å². The number of thioether (sulfide) groups is 1. The molecule has 0 aliphatic carbocycles. The maximum atomic E-state index is 12.2. The zero-order chi connectivity index (χ0) is 20.1. The van der Waals surface area contributed by atoms with Gasteiger partial charge in [-0.2, -0.15) is 0 Å². The Kier molecular flexibility index (Phi) is 5.90. The molecular weight excluding hydrogens is 382 g/mol. The second-order valence-electron chi connectivity index (χ2n) is 5.79. The number of amides is 1. The lowest BCUT2D eigenvalue weighted by Crippen LogP contribution is -2.15. The van der Waals surface area contributed by atoms with Crippen LogP contribution in [0.2, 0.25) is 0 Å². The summed E-state index contributed by atoms with van der Waals surface area (Å²) >= 11 is 1.16. The molecule has 1 aromatic heterocycles. The maximum Gasteiger partial charge on any atom is 0.271 e. The summed E-state index contributed by atoms with van der Waals surface area (Å²) in [7, 11) is 1.60. The van der Waals surface area contributed by atoms with Crippen LogP contribution in [0.25, 0.3) is 11.4 Å². The number of non-ortho nitro benzene ring substituents is 1. The summed E-state index contributed by atoms with van der Waals surface area (Å²) in [6.45, 7) is 1.77. The number of nitrogens with zero attached hydrogens (tertiary/aromatic N) is 3. The average molecular weight is 399 g/mol. The first-order chi connectivity index (χ1) is 13.5. The van der Waals surface area contributed by atoms with Crippen LogP contribution in [0.5, 0.6) is 5.75 Å². The largest absolute Gasteiger partial charge is 0.497 e. The number of rotatable bonds is 7. The monoisotopic (exact) mass is 399 g/mol. The van der Waals surface area contributed by atoms with Gasteiger partial charge in [-0.25, -0.2) is 4.98 Å². The Morgan fingerprint density at radius 2 is 2.04 bits per heavy atom. The van der Waals surface area contributed by atoms with Gasteiger partial charge in [-0.15, -0.1) is 5.10 Å². The molecule has 0 aliphatic rings. The number of aryl methyl sites for hydroxylation is 1. The number of ether oxygens (including phenoxy) is 1. The summed E-state index contributed by atoms with van der Waals surface area (Å²) in [5.74, 6) is 1.10. The van der Waals surface area contributed by atoms with E-state index in [2.05, 4.69) is 20.5 Å². The van der Waals surface area contributed by atoms with Crippen molar-refractivity contribution in [1.29, 1.82) is 0 Å². The van der Waals surface area contributed by atoms with E-state index in [0.717, 1.165) is 28.6 Å². The molecule has 9 nitrogen and oxygen atoms in total. The van der Waals surface area contributed by atoms with Crippen LogP contribution in [0.4, 0.5) is 11.4 Å². The van der Waals surface area contributed by atoms with Gasteiger partial charge in [0.25, 0.3) is 5.69 Å². The first-order valence-electron chi connectivity index (χ1n) is 8.21. The molecule has 3 rings (SSSR count). The van der Waals surface area contributed by atoms with Crippen LogP contribution in [-0.4, -0.2) is 38.9 Å². The van der Waals surface area contributed by atoms with E-state index in [4.69, 9.17) is 4.74 Å². The number of carbonyl (C=O) groups is 1. The first kappa shape index (κ1) is 19.4. The number of benzene rings is 2. The van der Waals surface area contributed by atoms with Gasteiger partial charge in [0.2, 0.25) is 11.1 Å². The van der Waals surface area contributed by atoms with Crippen molar-refractivity contribution in [2.75, 3.05) is 18.2 Å². The van der Waals surface area contributed by atoms with Gasteiger partial charge in [-0.3, -0.25) is 20.0 Å². The Bertz CT molecular complexity index is 1000. The summed E-state index contributed by atoms with van der Waals surface area (Å²) in [4.78, 5) is 26.9. The van der Waals surface area contributed by atoms with E-state index in [9.17, 15) is 14.9 Å². The third kappa shape index (κ3) is 4.65. The fraction of sp³-hybridized carbons (Fsp3) is 0.167. The van der Waals surface area contributed by atoms with E-state index in [1.54, 1.807) is 20.1 Å². The van der Waals surface area contributed by atoms with Gasteiger partial charge in [-0.05, 0) is 36.8 Å². The predicted octanol–water partition coefficient (Wildman–Crippen LogP) is 3.43. The number of H-pyrrole nitrogens is 1. The van der Waals surface area contributed by atoms with Crippen LogP contribution in [0, 0.1) is 17.0 Å². The molecule has 3 aromatic rings. The smallest absolute Gasteiger partial charge is 0.271 e. The van der Waals surface area contributed by atoms with Crippen molar-refractivity contribution in [3.63, 3.8) is 0 Å². The molecule has 2 N–H and O–H groups in total. The third-order valence-electron chi connectivity index (χ3n) is 3.87. The molecule has 144 valence electrons. The number of aromatic nitrogens is 3. The van der Waals surface area contributed by atoms with Crippen molar-refractivity contribution in [3.05, 3.63) is 58.1 Å². The summed E-state index contributed by atoms with van der Waals surface area (Å²) < 4.78 is 5.12. The van der Waals surface area contributed by atoms with Gasteiger partial charge in [0, 0.05) is 17.7 Å². The van der Waals surface area contributed by atoms with E-state index in [1.165, 1.54) is 12.1 Å². The molecule has 0 atom stereocenters. The highest BCUT2D eigenvalue weighted by Crippen LogP contribution is 2.24. The average Bonchev–Trinajstić information content (AvgIpc) is 3.17. The SMILES string of the molecule is COc1ccc(-c2nc(SCC(=O)Nc3cc([N+](=O)[O-])ccc3C)n[nH]2)cc1. The number of nitro benzene ring substituents is 1. The molecule has 1 heterocycles. The van der Waals surface area contributed by atoms with Gasteiger partial charge in [0.15, 0.2) is 5.82 Å². The highest BCUT2D eigenvalue weighted by molar-refractivity contribution is 7.99. The van der Waals surface area contributed by atoms with Crippen molar-refractivity contribution in [2.24, 2.45) is 0 Å². The number of nitro groups is 1. The fourth-order valence-corrected chi connectivity index (χ4v) is 2.96. The van der Waals surface area contributed by atoms with E-state index < -0.39 is 4.92 Å². The Hall–Kier alpha value is -3.40. The number of anilines is 1. The zero-order valence-corrected chi connectivity index (χ0v) is 15.9. The minimum atomic E-state index is -0.502. The number of nitrogens with one attached hydrogen (secondary N) is 2. The van der Waals surface area contributed by atoms with Gasteiger partial charge in [-0.1, -0.05) is 17.8 Å². The maximum absolute atomic E-state index is 12.2. The molecule has 0 fully saturated rings. The Morgan fingerprint density at radius 1 is 1.29 bits per heavy atom. The van der Waals surface area contributed by atoms with Crippen LogP contribution >= 0.6 is 11.8 Å². The summed E-state index contributed by atoms with van der Waals surface area (Å²) in [6.07, 6.45) is 0. The van der Waals surface area contributed by atoms with E-state index in [-0.39, 0.29) is 17.3 Å². The molecule has 0 radical (unpaired) electrons. The molecule has 1 amide bonds. The lowest BCUT2D eigenvalue weighted by molar-refractivity contribution is -0.384. The summed E-state index contributed by atoms with van der Waals surface area (Å²) in [6, 6.07) is 11.7. The predicted molar refractivity (Wildman–Crippen MR) is 106 cm³/mol. The van der Waals surface area contributed by atoms with Crippen molar-refractivity contribution in [2.45, 2.75) is 12.1 Å². The van der Waals surface area contributed by atoms with Crippen molar-refractivity contribution in [3.8, 4) is 17.1 Å². The Morgan fingerprint density at radius 3 is 2.71 bits per heavy atom. The second-order valence-corrected chi connectivity index (χ2v) is 6.73. The standard InChI is InChI=1S/C18H17N5O4S/c1-11-3-6-13(23(25)26)9-15(11)19-16(24)10-28-18-20-17(21-22-18)12-4-7-14(27-2)8-5-12/h3-9H,10H2,1-2H3,(H,19,24)(H,20,21,22). The summed E-state index contributed by atoms with van der Waals surface area (Å²) in [5.41, 5.74) is 1.92. The number of hydrogen-bond donors (Lipinski definition) is 2. The van der Waals surface area contributed by atoms with Gasteiger partial charge in [0.1, 0.15) is 5.75 Å². The molecule has 2 aromatic carbocycles. The van der Waals surface area contributed by atoms with Crippen LogP contribution in [0.3, 0.4) is 0 Å². The zero-order valence-electron chi connectivity index (χ0n) is 15.1. The first-order valence-corrected chi connectivity index (χ1v) is 9.19. The molecule has 0 saturated heterocycles. The van der Waals surface area contributed by atoms with Gasteiger partial charge in [0.05, 0.1) is 23.5 Å². The van der Waals surface area contributed by atoms with E-state index >= 15 is 0 Å². The number of hydrogen-bond acceptors (Lipinski definition) is 7. The minimum absolute atomic E-state index is 0.0715. The van der Waals surface area contributed by atoms with Crippen LogP contribution in [0.1, 0.15) is 5.56 Å². The lowest BCUT2D eigenvalue weighted by Gasteiger charge is -2.07. The van der Waals surface area contributed by atoms with E-state index in [1.807, 2.05) is 24.3 Å². The second kappa shape index (κ2) is 8.53. The molecule has 28 heavy (non-hydrogen) atoms. The van der Waals surface area contributed by atoms with Crippen LogP contribution in [0.15, 0.2) is 47.6 Å². The van der Waals surface area contributed by atoms with Crippen molar-refractivity contribution in [1.82, 2.24) is 15.2 Å². The molecule has 10 heteroatoms. The van der Waals surface area contributed by atoms with Crippen LogP contribution in [-0.2, 0) is 4.79 Å². The minimum Gasteiger partial charge on any atom is -0.497 e. The number of methoxy groups -OCH3 is 1. The number of aromatic amines is 1. The normalized spacial score (nSPS) is 10.5. The number of carbonyl (C=O) groups excluding carboxylic acids is 1. The lowest BCUT2D eigenvalue weighted by atomic mass is 10.2. The third-order valence-corrected chi connectivity index (χ3v) is 4.71. The molecule has 0 unspecified atom stereocenters.